The van der Waals surface area contributed by atoms with Crippen molar-refractivity contribution in [3.63, 3.8) is 0 Å². The molecular formula is C22H20N2O4S. The zero-order valence-electron chi connectivity index (χ0n) is 16.0. The molecule has 29 heavy (non-hydrogen) atoms. The van der Waals surface area contributed by atoms with Crippen LogP contribution in [0, 0.1) is 0 Å². The average Bonchev–Trinajstić information content (AvgIpc) is 2.71. The number of benzene rings is 2. The van der Waals surface area contributed by atoms with Crippen LogP contribution in [0.25, 0.3) is 5.57 Å². The number of amides is 2. The van der Waals surface area contributed by atoms with Gasteiger partial charge in [-0.05, 0) is 37.1 Å². The molecule has 0 spiro atoms. The summed E-state index contributed by atoms with van der Waals surface area (Å²) < 4.78 is 4.89. The smallest absolute Gasteiger partial charge is 0.335 e. The van der Waals surface area contributed by atoms with Crippen molar-refractivity contribution in [2.75, 3.05) is 6.61 Å². The van der Waals surface area contributed by atoms with E-state index in [2.05, 4.69) is 5.32 Å². The zero-order valence-corrected chi connectivity index (χ0v) is 16.8. The number of carbonyl (C=O) groups excluding carboxylic acids is 3. The fourth-order valence-electron chi connectivity index (χ4n) is 2.96. The molecule has 1 aliphatic heterocycles. The maximum absolute atomic E-state index is 12.9. The number of hydrogen-bond acceptors (Lipinski definition) is 5. The van der Waals surface area contributed by atoms with E-state index in [9.17, 15) is 14.4 Å². The van der Waals surface area contributed by atoms with Crippen molar-refractivity contribution in [1.29, 1.82) is 0 Å². The lowest BCUT2D eigenvalue weighted by molar-refractivity contribution is -0.138. The maximum atomic E-state index is 12.9. The van der Waals surface area contributed by atoms with E-state index in [1.165, 1.54) is 13.1 Å². The second-order valence-electron chi connectivity index (χ2n) is 6.23. The van der Waals surface area contributed by atoms with Crippen LogP contribution in [0.2, 0.25) is 0 Å². The molecule has 148 valence electrons. The fourth-order valence-corrected chi connectivity index (χ4v) is 4.05. The molecule has 2 aromatic rings. The van der Waals surface area contributed by atoms with Gasteiger partial charge in [-0.2, -0.15) is 0 Å². The minimum atomic E-state index is -0.851. The summed E-state index contributed by atoms with van der Waals surface area (Å²) in [5.41, 5.74) is 7.64. The molecule has 7 heteroatoms. The van der Waals surface area contributed by atoms with E-state index in [4.69, 9.17) is 10.5 Å². The normalized spacial score (nSPS) is 12.5. The lowest BCUT2D eigenvalue weighted by atomic mass is 9.91. The molecular weight excluding hydrogens is 388 g/mol. The van der Waals surface area contributed by atoms with Crippen molar-refractivity contribution < 1.29 is 19.1 Å². The van der Waals surface area contributed by atoms with Gasteiger partial charge >= 0.3 is 5.97 Å². The number of rotatable bonds is 5. The summed E-state index contributed by atoms with van der Waals surface area (Å²) >= 11 is 1.56. The average molecular weight is 408 g/mol. The summed E-state index contributed by atoms with van der Waals surface area (Å²) in [6.45, 7) is 3.42. The van der Waals surface area contributed by atoms with Crippen molar-refractivity contribution in [1.82, 2.24) is 5.32 Å². The van der Waals surface area contributed by atoms with Crippen LogP contribution >= 0.6 is 11.8 Å². The van der Waals surface area contributed by atoms with Crippen LogP contribution < -0.4 is 11.1 Å². The molecule has 0 aliphatic carbocycles. The lowest BCUT2D eigenvalue weighted by Crippen LogP contribution is -2.31. The second kappa shape index (κ2) is 8.79. The number of hydrogen-bond donors (Lipinski definition) is 2. The molecule has 6 nitrogen and oxygen atoms in total. The number of carbonyl (C=O) groups is 3. The first-order chi connectivity index (χ1) is 13.9. The van der Waals surface area contributed by atoms with Crippen LogP contribution in [0.1, 0.15) is 25.0 Å². The molecule has 0 unspecified atom stereocenters. The minimum Gasteiger partial charge on any atom is -0.463 e. The predicted octanol–water partition coefficient (Wildman–Crippen LogP) is 3.02. The Balaban J connectivity index is 2.11. The predicted molar refractivity (Wildman–Crippen MR) is 111 cm³/mol. The molecule has 2 amide bonds. The molecule has 0 saturated heterocycles. The van der Waals surface area contributed by atoms with Crippen LogP contribution in [-0.4, -0.2) is 24.4 Å². The lowest BCUT2D eigenvalue weighted by Gasteiger charge is -2.23. The van der Waals surface area contributed by atoms with Gasteiger partial charge in [-0.15, -0.1) is 0 Å². The molecule has 2 aromatic carbocycles. The van der Waals surface area contributed by atoms with Crippen molar-refractivity contribution in [3.05, 3.63) is 77.0 Å². The molecule has 1 heterocycles. The Kier molecular flexibility index (Phi) is 6.19. The second-order valence-corrected chi connectivity index (χ2v) is 7.31. The van der Waals surface area contributed by atoms with Crippen molar-refractivity contribution in [3.8, 4) is 0 Å². The summed E-state index contributed by atoms with van der Waals surface area (Å²) in [5.74, 6) is -2.09. The maximum Gasteiger partial charge on any atom is 0.335 e. The Labute approximate surface area is 172 Å². The van der Waals surface area contributed by atoms with Gasteiger partial charge in [0.05, 0.1) is 12.2 Å². The molecule has 0 atom stereocenters. The quantitative estimate of drug-likeness (QED) is 0.293. The highest BCUT2D eigenvalue weighted by Gasteiger charge is 2.29. The first-order valence-corrected chi connectivity index (χ1v) is 9.81. The van der Waals surface area contributed by atoms with Crippen molar-refractivity contribution >= 4 is 35.1 Å². The van der Waals surface area contributed by atoms with Gasteiger partial charge in [0, 0.05) is 21.6 Å². The number of ether oxygens (including phenoxy) is 1. The molecule has 3 rings (SSSR count). The summed E-state index contributed by atoms with van der Waals surface area (Å²) in [5, 5.41) is 2.49. The van der Waals surface area contributed by atoms with Crippen LogP contribution in [-0.2, 0) is 19.1 Å². The minimum absolute atomic E-state index is 0.168. The van der Waals surface area contributed by atoms with Gasteiger partial charge < -0.3 is 15.8 Å². The van der Waals surface area contributed by atoms with Crippen LogP contribution in [0.5, 0.6) is 0 Å². The number of nitrogens with one attached hydrogen (secondary N) is 1. The first kappa shape index (κ1) is 20.4. The zero-order chi connectivity index (χ0) is 21.0. The summed E-state index contributed by atoms with van der Waals surface area (Å²) in [6, 6.07) is 15.0. The van der Waals surface area contributed by atoms with Gasteiger partial charge in [0.25, 0.3) is 11.8 Å². The van der Waals surface area contributed by atoms with Crippen LogP contribution in [0.3, 0.4) is 0 Å². The molecule has 0 aromatic heterocycles. The van der Waals surface area contributed by atoms with E-state index in [0.717, 1.165) is 20.9 Å². The Morgan fingerprint density at radius 2 is 1.59 bits per heavy atom. The Hall–Kier alpha value is -3.32. The third-order valence-corrected chi connectivity index (χ3v) is 5.43. The van der Waals surface area contributed by atoms with E-state index in [-0.39, 0.29) is 17.8 Å². The number of nitrogens with two attached hydrogens (primary N) is 1. The molecule has 0 fully saturated rings. The topological polar surface area (TPSA) is 98.5 Å². The molecule has 0 radical (unpaired) electrons. The van der Waals surface area contributed by atoms with E-state index >= 15 is 0 Å². The van der Waals surface area contributed by atoms with Crippen molar-refractivity contribution in [2.24, 2.45) is 5.73 Å². The summed E-state index contributed by atoms with van der Waals surface area (Å²) in [4.78, 5) is 38.8. The third kappa shape index (κ3) is 4.25. The SMILES string of the molecule is CCOC(=O)C(C)=CNC(=O)C(C(N)=O)=C1c2ccccc2Sc2ccccc21. The molecule has 3 N–H and O–H groups in total. The van der Waals surface area contributed by atoms with E-state index in [1.54, 1.807) is 18.7 Å². The molecule has 0 bridgehead atoms. The van der Waals surface area contributed by atoms with Crippen LogP contribution in [0.4, 0.5) is 0 Å². The molecule has 0 saturated carbocycles. The standard InChI is InChI=1S/C22H20N2O4S/c1-3-28-22(27)13(2)12-24-21(26)19(20(23)25)18-14-8-4-6-10-16(14)29-17-11-7-5-9-15(17)18/h4-12H,3H2,1-2H3,(H2,23,25)(H,24,26). The van der Waals surface area contributed by atoms with Gasteiger partial charge in [-0.25, -0.2) is 4.79 Å². The monoisotopic (exact) mass is 408 g/mol. The highest BCUT2D eigenvalue weighted by molar-refractivity contribution is 7.99. The van der Waals surface area contributed by atoms with Gasteiger partial charge in [-0.3, -0.25) is 9.59 Å². The van der Waals surface area contributed by atoms with Gasteiger partial charge in [-0.1, -0.05) is 48.2 Å². The van der Waals surface area contributed by atoms with Crippen molar-refractivity contribution in [2.45, 2.75) is 23.6 Å². The third-order valence-electron chi connectivity index (χ3n) is 4.27. The van der Waals surface area contributed by atoms with Gasteiger partial charge in [0.15, 0.2) is 0 Å². The van der Waals surface area contributed by atoms with E-state index in [0.29, 0.717) is 5.57 Å². The van der Waals surface area contributed by atoms with E-state index in [1.807, 2.05) is 48.5 Å². The first-order valence-electron chi connectivity index (χ1n) is 8.99. The Morgan fingerprint density at radius 1 is 1.03 bits per heavy atom. The molecule has 1 aliphatic rings. The number of fused-ring (bicyclic) bond motifs is 2. The highest BCUT2D eigenvalue weighted by Crippen LogP contribution is 2.46. The van der Waals surface area contributed by atoms with Crippen LogP contribution in [0.15, 0.2) is 75.7 Å². The highest BCUT2D eigenvalue weighted by atomic mass is 32.2. The van der Waals surface area contributed by atoms with Gasteiger partial charge in [0.2, 0.25) is 0 Å². The van der Waals surface area contributed by atoms with Gasteiger partial charge in [0.1, 0.15) is 5.57 Å². The Morgan fingerprint density at radius 3 is 2.10 bits per heavy atom. The number of esters is 1. The summed E-state index contributed by atoms with van der Waals surface area (Å²) in [6.07, 6.45) is 1.22. The fraction of sp³-hybridized carbons (Fsp3) is 0.136. The number of primary amides is 1. The van der Waals surface area contributed by atoms with E-state index < -0.39 is 17.8 Å². The Bertz CT molecular complexity index is 1010. The largest absolute Gasteiger partial charge is 0.463 e. The summed E-state index contributed by atoms with van der Waals surface area (Å²) in [7, 11) is 0.